The largest absolute Gasteiger partial charge is 0.480 e. The summed E-state index contributed by atoms with van der Waals surface area (Å²) in [5.41, 5.74) is -0.195. The molecule has 1 amide bonds. The molecule has 2 aromatic heterocycles. The van der Waals surface area contributed by atoms with Crippen LogP contribution >= 0.6 is 0 Å². The van der Waals surface area contributed by atoms with Crippen molar-refractivity contribution in [1.29, 1.82) is 0 Å². The lowest BCUT2D eigenvalue weighted by molar-refractivity contribution is -0.138. The van der Waals surface area contributed by atoms with Crippen LogP contribution in [0.2, 0.25) is 0 Å². The number of Topliss-reactive ketones (excluding diaryl/α,β-unsaturated/α-hetero) is 1. The summed E-state index contributed by atoms with van der Waals surface area (Å²) in [4.78, 5) is 50.8. The third kappa shape index (κ3) is 4.24. The number of nitrogens with zero attached hydrogens (tertiary/aromatic N) is 4. The number of aromatic nitrogens is 4. The number of fused-ring (bicyclic) bond motifs is 1. The molecule has 0 unspecified atom stereocenters. The number of nitrogens with one attached hydrogen (secondary N) is 1. The molecule has 0 aliphatic carbocycles. The first-order valence-electron chi connectivity index (χ1n) is 7.04. The molecule has 0 aliphatic rings. The van der Waals surface area contributed by atoms with E-state index in [-0.39, 0.29) is 11.2 Å². The van der Waals surface area contributed by atoms with E-state index in [0.717, 1.165) is 4.90 Å². The number of carboxylic acid groups (broad SMARTS) is 1. The minimum Gasteiger partial charge on any atom is -0.480 e. The smallest absolute Gasteiger partial charge is 0.411 e. The number of ketones is 1. The van der Waals surface area contributed by atoms with E-state index in [4.69, 9.17) is 9.84 Å². The Labute approximate surface area is 136 Å². The van der Waals surface area contributed by atoms with Crippen molar-refractivity contribution in [3.63, 3.8) is 0 Å². The monoisotopic (exact) mass is 335 g/mol. The Bertz CT molecular complexity index is 779. The maximum atomic E-state index is 12.4. The van der Waals surface area contributed by atoms with Crippen molar-refractivity contribution >= 4 is 29.0 Å². The molecule has 2 aromatic rings. The number of rotatable bonds is 5. The van der Waals surface area contributed by atoms with Crippen LogP contribution in [0.25, 0.3) is 11.2 Å². The van der Waals surface area contributed by atoms with Crippen molar-refractivity contribution in [1.82, 2.24) is 24.8 Å². The van der Waals surface area contributed by atoms with Crippen molar-refractivity contribution in [2.45, 2.75) is 26.4 Å². The fraction of sp³-hybridized carbons (Fsp3) is 0.429. The molecule has 2 heterocycles. The Morgan fingerprint density at radius 2 is 1.92 bits per heavy atom. The van der Waals surface area contributed by atoms with Gasteiger partial charge in [-0.3, -0.25) is 14.5 Å². The summed E-state index contributed by atoms with van der Waals surface area (Å²) in [6.07, 6.45) is 1.65. The lowest BCUT2D eigenvalue weighted by Gasteiger charge is -2.25. The van der Waals surface area contributed by atoms with Gasteiger partial charge < -0.3 is 14.8 Å². The number of carbonyl (C=O) groups is 3. The predicted octanol–water partition coefficient (Wildman–Crippen LogP) is 0.857. The molecule has 0 aromatic carbocycles. The molecule has 0 radical (unpaired) electrons. The summed E-state index contributed by atoms with van der Waals surface area (Å²) in [7, 11) is 0. The van der Waals surface area contributed by atoms with Crippen LogP contribution in [-0.4, -0.2) is 66.5 Å². The molecule has 10 heteroatoms. The highest BCUT2D eigenvalue weighted by molar-refractivity contribution is 6.05. The fourth-order valence-corrected chi connectivity index (χ4v) is 1.89. The predicted molar refractivity (Wildman–Crippen MR) is 81.5 cm³/mol. The quantitative estimate of drug-likeness (QED) is 0.767. The molecule has 24 heavy (non-hydrogen) atoms. The highest BCUT2D eigenvalue weighted by atomic mass is 16.6. The SMILES string of the molecule is CC(C)(C)OC(=O)N(CC(=O)O)CC(=O)c1ncnc2[nH]cnc12. The third-order valence-corrected chi connectivity index (χ3v) is 2.79. The first-order valence-corrected chi connectivity index (χ1v) is 7.04. The fourth-order valence-electron chi connectivity index (χ4n) is 1.89. The summed E-state index contributed by atoms with van der Waals surface area (Å²) in [5.74, 6) is -1.83. The summed E-state index contributed by atoms with van der Waals surface area (Å²) in [6, 6.07) is 0. The van der Waals surface area contributed by atoms with Gasteiger partial charge in [-0.1, -0.05) is 0 Å². The number of H-pyrrole nitrogens is 1. The van der Waals surface area contributed by atoms with Crippen molar-refractivity contribution in [2.75, 3.05) is 13.1 Å². The van der Waals surface area contributed by atoms with Crippen LogP contribution in [0.4, 0.5) is 4.79 Å². The van der Waals surface area contributed by atoms with E-state index in [9.17, 15) is 14.4 Å². The first kappa shape index (κ1) is 17.3. The molecule has 2 N–H and O–H groups in total. The van der Waals surface area contributed by atoms with E-state index < -0.39 is 36.5 Å². The van der Waals surface area contributed by atoms with Gasteiger partial charge in [0.25, 0.3) is 0 Å². The van der Waals surface area contributed by atoms with Gasteiger partial charge in [-0.15, -0.1) is 0 Å². The maximum Gasteiger partial charge on any atom is 0.411 e. The Morgan fingerprint density at radius 1 is 1.21 bits per heavy atom. The second-order valence-electron chi connectivity index (χ2n) is 5.98. The molecular formula is C14H17N5O5. The van der Waals surface area contributed by atoms with Crippen molar-refractivity contribution in [3.8, 4) is 0 Å². The highest BCUT2D eigenvalue weighted by Crippen LogP contribution is 2.13. The molecule has 0 spiro atoms. The van der Waals surface area contributed by atoms with Gasteiger partial charge in [0.2, 0.25) is 5.78 Å². The van der Waals surface area contributed by atoms with Crippen LogP contribution in [0.1, 0.15) is 31.3 Å². The minimum absolute atomic E-state index is 0.000183. The highest BCUT2D eigenvalue weighted by Gasteiger charge is 2.27. The Balaban J connectivity index is 2.22. The van der Waals surface area contributed by atoms with Crippen LogP contribution in [0.15, 0.2) is 12.7 Å². The number of aromatic amines is 1. The van der Waals surface area contributed by atoms with Crippen molar-refractivity contribution < 1.29 is 24.2 Å². The van der Waals surface area contributed by atoms with Crippen LogP contribution in [0.5, 0.6) is 0 Å². The molecule has 0 atom stereocenters. The summed E-state index contributed by atoms with van der Waals surface area (Å²) in [5, 5.41) is 8.95. The number of ether oxygens (including phenoxy) is 1. The van der Waals surface area contributed by atoms with Crippen LogP contribution < -0.4 is 0 Å². The third-order valence-electron chi connectivity index (χ3n) is 2.79. The van der Waals surface area contributed by atoms with Crippen LogP contribution in [0, 0.1) is 0 Å². The number of aliphatic carboxylic acids is 1. The second kappa shape index (κ2) is 6.60. The Morgan fingerprint density at radius 3 is 2.54 bits per heavy atom. The van der Waals surface area contributed by atoms with Gasteiger partial charge in [0.1, 0.15) is 29.7 Å². The van der Waals surface area contributed by atoms with Crippen LogP contribution in [0.3, 0.4) is 0 Å². The van der Waals surface area contributed by atoms with E-state index in [1.54, 1.807) is 20.8 Å². The normalized spacial score (nSPS) is 11.3. The van der Waals surface area contributed by atoms with Gasteiger partial charge in [0.05, 0.1) is 12.9 Å². The zero-order valence-electron chi connectivity index (χ0n) is 13.4. The lowest BCUT2D eigenvalue weighted by atomic mass is 10.2. The summed E-state index contributed by atoms with van der Waals surface area (Å²) < 4.78 is 5.13. The average Bonchev–Trinajstić information content (AvgIpc) is 2.92. The molecule has 0 bridgehead atoms. The van der Waals surface area contributed by atoms with E-state index in [0.29, 0.717) is 5.65 Å². The number of imidazole rings is 1. The van der Waals surface area contributed by atoms with E-state index >= 15 is 0 Å². The minimum atomic E-state index is -1.26. The number of hydrogen-bond acceptors (Lipinski definition) is 7. The Kier molecular flexibility index (Phi) is 4.77. The Hall–Kier alpha value is -3.04. The number of hydrogen-bond donors (Lipinski definition) is 2. The lowest BCUT2D eigenvalue weighted by Crippen LogP contribution is -2.42. The average molecular weight is 335 g/mol. The van der Waals surface area contributed by atoms with E-state index in [1.165, 1.54) is 12.7 Å². The molecule has 0 aliphatic heterocycles. The maximum absolute atomic E-state index is 12.4. The topological polar surface area (TPSA) is 138 Å². The van der Waals surface area contributed by atoms with Gasteiger partial charge in [0.15, 0.2) is 5.65 Å². The standard InChI is InChI=1S/C14H17N5O5/c1-14(2,3)24-13(23)19(5-9(21)22)4-8(20)10-11-12(17-6-15-10)18-7-16-11/h6-7H,4-5H2,1-3H3,(H,21,22)(H,15,16,17,18). The van der Waals surface area contributed by atoms with Gasteiger partial charge in [-0.25, -0.2) is 19.7 Å². The van der Waals surface area contributed by atoms with Crippen LogP contribution in [-0.2, 0) is 9.53 Å². The van der Waals surface area contributed by atoms with Crippen molar-refractivity contribution in [3.05, 3.63) is 18.3 Å². The van der Waals surface area contributed by atoms with Gasteiger partial charge >= 0.3 is 12.1 Å². The van der Waals surface area contributed by atoms with Crippen molar-refractivity contribution in [2.24, 2.45) is 0 Å². The molecule has 10 nitrogen and oxygen atoms in total. The van der Waals surface area contributed by atoms with Gasteiger partial charge in [-0.05, 0) is 20.8 Å². The number of carbonyl (C=O) groups excluding carboxylic acids is 2. The molecule has 2 rings (SSSR count). The zero-order valence-corrected chi connectivity index (χ0v) is 13.4. The van der Waals surface area contributed by atoms with E-state index in [2.05, 4.69) is 19.9 Å². The molecule has 128 valence electrons. The summed E-state index contributed by atoms with van der Waals surface area (Å²) >= 11 is 0. The second-order valence-corrected chi connectivity index (χ2v) is 5.98. The first-order chi connectivity index (χ1) is 11.2. The summed E-state index contributed by atoms with van der Waals surface area (Å²) in [6.45, 7) is 3.76. The van der Waals surface area contributed by atoms with Gasteiger partial charge in [0, 0.05) is 0 Å². The molecule has 0 saturated carbocycles. The molecular weight excluding hydrogens is 318 g/mol. The van der Waals surface area contributed by atoms with Gasteiger partial charge in [-0.2, -0.15) is 0 Å². The molecule has 0 fully saturated rings. The zero-order chi connectivity index (χ0) is 17.9. The number of carboxylic acids is 1. The van der Waals surface area contributed by atoms with E-state index in [1.807, 2.05) is 0 Å². The molecule has 0 saturated heterocycles. The number of amides is 1.